The molecule has 0 aromatic carbocycles. The maximum Gasteiger partial charge on any atom is 0.178 e. The third kappa shape index (κ3) is 2.37. The first-order valence-corrected chi connectivity index (χ1v) is 8.60. The number of aryl methyl sites for hydroxylation is 2. The Labute approximate surface area is 138 Å². The molecule has 0 spiro atoms. The van der Waals surface area contributed by atoms with E-state index in [9.17, 15) is 0 Å². The van der Waals surface area contributed by atoms with Gasteiger partial charge in [-0.1, -0.05) is 10.3 Å². The van der Waals surface area contributed by atoms with Crippen LogP contribution in [0.3, 0.4) is 0 Å². The van der Waals surface area contributed by atoms with Gasteiger partial charge in [0.25, 0.3) is 0 Å². The summed E-state index contributed by atoms with van der Waals surface area (Å²) >= 11 is 0. The highest BCUT2D eigenvalue weighted by molar-refractivity contribution is 5.43. The summed E-state index contributed by atoms with van der Waals surface area (Å²) in [5.41, 5.74) is 4.34. The van der Waals surface area contributed by atoms with Gasteiger partial charge >= 0.3 is 0 Å². The molecule has 1 fully saturated rings. The molecule has 0 atom stereocenters. The second-order valence-electron chi connectivity index (χ2n) is 6.75. The predicted octanol–water partition coefficient (Wildman–Crippen LogP) is 1.38. The van der Waals surface area contributed by atoms with Crippen LogP contribution in [0.4, 0.5) is 0 Å². The molecule has 1 aliphatic heterocycles. The van der Waals surface area contributed by atoms with Crippen LogP contribution in [0.2, 0.25) is 0 Å². The Kier molecular flexibility index (Phi) is 3.29. The summed E-state index contributed by atoms with van der Waals surface area (Å²) < 4.78 is 6.64. The Bertz CT molecular complexity index is 849. The van der Waals surface area contributed by atoms with Crippen molar-refractivity contribution in [3.63, 3.8) is 0 Å². The number of nitrogens with zero attached hydrogens (tertiary/aromatic N) is 7. The first kappa shape index (κ1) is 14.0. The number of rotatable bonds is 3. The lowest BCUT2D eigenvalue weighted by Gasteiger charge is -2.30. The van der Waals surface area contributed by atoms with Gasteiger partial charge in [-0.2, -0.15) is 9.61 Å². The highest BCUT2D eigenvalue weighted by Crippen LogP contribution is 2.28. The molecule has 3 aromatic heterocycles. The van der Waals surface area contributed by atoms with E-state index >= 15 is 0 Å². The van der Waals surface area contributed by atoms with Crippen LogP contribution < -0.4 is 0 Å². The van der Waals surface area contributed by atoms with E-state index in [0.29, 0.717) is 5.92 Å². The SMILES string of the molecule is c1nonc1CN1CCC(c2nnc3cc4c(nn23)CCC4)CC1. The molecule has 0 saturated carbocycles. The van der Waals surface area contributed by atoms with Gasteiger partial charge in [0.2, 0.25) is 0 Å². The van der Waals surface area contributed by atoms with Crippen LogP contribution in [0.5, 0.6) is 0 Å². The van der Waals surface area contributed by atoms with Gasteiger partial charge in [-0.25, -0.2) is 4.63 Å². The van der Waals surface area contributed by atoms with Crippen LogP contribution >= 0.6 is 0 Å². The lowest BCUT2D eigenvalue weighted by Crippen LogP contribution is -2.33. The van der Waals surface area contributed by atoms with Crippen molar-refractivity contribution in [3.8, 4) is 0 Å². The Morgan fingerprint density at radius 3 is 2.92 bits per heavy atom. The summed E-state index contributed by atoms with van der Waals surface area (Å²) in [5, 5.41) is 21.2. The molecule has 2 aliphatic rings. The zero-order valence-corrected chi connectivity index (χ0v) is 13.4. The molecular formula is C16H19N7O. The van der Waals surface area contributed by atoms with E-state index < -0.39 is 0 Å². The second-order valence-corrected chi connectivity index (χ2v) is 6.75. The lowest BCUT2D eigenvalue weighted by molar-refractivity contribution is 0.194. The minimum Gasteiger partial charge on any atom is -0.297 e. The van der Waals surface area contributed by atoms with Crippen LogP contribution in [0.25, 0.3) is 5.65 Å². The third-order valence-corrected chi connectivity index (χ3v) is 5.19. The number of hydrogen-bond acceptors (Lipinski definition) is 7. The van der Waals surface area contributed by atoms with Crippen LogP contribution in [0.15, 0.2) is 16.9 Å². The minimum absolute atomic E-state index is 0.415. The molecule has 3 aromatic rings. The second kappa shape index (κ2) is 5.62. The first-order chi connectivity index (χ1) is 11.9. The molecule has 0 N–H and O–H groups in total. The molecule has 0 bridgehead atoms. The molecule has 0 unspecified atom stereocenters. The average Bonchev–Trinajstić information content (AvgIpc) is 3.34. The summed E-state index contributed by atoms with van der Waals surface area (Å²) in [6.45, 7) is 2.82. The third-order valence-electron chi connectivity index (χ3n) is 5.19. The Morgan fingerprint density at radius 1 is 1.17 bits per heavy atom. The lowest BCUT2D eigenvalue weighted by atomic mass is 9.96. The van der Waals surface area contributed by atoms with E-state index in [-0.39, 0.29) is 0 Å². The number of aromatic nitrogens is 6. The van der Waals surface area contributed by atoms with E-state index in [1.54, 1.807) is 6.20 Å². The topological polar surface area (TPSA) is 85.2 Å². The molecule has 4 heterocycles. The maximum absolute atomic E-state index is 4.82. The average molecular weight is 325 g/mol. The molecule has 124 valence electrons. The maximum atomic E-state index is 4.82. The fraction of sp³-hybridized carbons (Fsp3) is 0.562. The van der Waals surface area contributed by atoms with Crippen LogP contribution in [0.1, 0.15) is 48.0 Å². The molecule has 5 rings (SSSR count). The van der Waals surface area contributed by atoms with Crippen LogP contribution in [-0.4, -0.2) is 48.1 Å². The van der Waals surface area contributed by atoms with Crippen molar-refractivity contribution in [1.29, 1.82) is 0 Å². The zero-order chi connectivity index (χ0) is 15.9. The summed E-state index contributed by atoms with van der Waals surface area (Å²) in [6, 6.07) is 2.17. The molecule has 0 radical (unpaired) electrons. The van der Waals surface area contributed by atoms with E-state index in [2.05, 4.69) is 36.1 Å². The van der Waals surface area contributed by atoms with E-state index in [4.69, 9.17) is 5.10 Å². The molecular weight excluding hydrogens is 306 g/mol. The normalized spacial score (nSPS) is 19.2. The zero-order valence-electron chi connectivity index (χ0n) is 13.4. The van der Waals surface area contributed by atoms with Crippen LogP contribution in [0, 0.1) is 0 Å². The predicted molar refractivity (Wildman–Crippen MR) is 84.4 cm³/mol. The van der Waals surface area contributed by atoms with Gasteiger partial charge < -0.3 is 0 Å². The molecule has 1 saturated heterocycles. The van der Waals surface area contributed by atoms with Gasteiger partial charge in [0, 0.05) is 12.5 Å². The van der Waals surface area contributed by atoms with Gasteiger partial charge in [-0.3, -0.25) is 4.90 Å². The molecule has 8 heteroatoms. The first-order valence-electron chi connectivity index (χ1n) is 8.60. The summed E-state index contributed by atoms with van der Waals surface area (Å²) in [4.78, 5) is 2.38. The highest BCUT2D eigenvalue weighted by Gasteiger charge is 2.26. The summed E-state index contributed by atoms with van der Waals surface area (Å²) in [6.07, 6.45) is 7.20. The Hall–Kier alpha value is -2.35. The summed E-state index contributed by atoms with van der Waals surface area (Å²) in [5.74, 6) is 1.43. The molecule has 0 amide bonds. The van der Waals surface area contributed by atoms with Gasteiger partial charge in [-0.05, 0) is 56.8 Å². The van der Waals surface area contributed by atoms with Gasteiger partial charge in [0.05, 0.1) is 11.9 Å². The summed E-state index contributed by atoms with van der Waals surface area (Å²) in [7, 11) is 0. The fourth-order valence-electron chi connectivity index (χ4n) is 3.88. The Balaban J connectivity index is 1.34. The van der Waals surface area contributed by atoms with Crippen molar-refractivity contribution in [2.75, 3.05) is 13.1 Å². The van der Waals surface area contributed by atoms with Gasteiger partial charge in [-0.15, -0.1) is 10.2 Å². The Morgan fingerprint density at radius 2 is 2.08 bits per heavy atom. The van der Waals surface area contributed by atoms with Crippen molar-refractivity contribution in [3.05, 3.63) is 35.0 Å². The fourth-order valence-corrected chi connectivity index (χ4v) is 3.88. The largest absolute Gasteiger partial charge is 0.297 e. The number of likely N-dealkylation sites (tertiary alicyclic amines) is 1. The van der Waals surface area contributed by atoms with Crippen molar-refractivity contribution in [2.45, 2.75) is 44.6 Å². The number of fused-ring (bicyclic) bond motifs is 2. The quantitative estimate of drug-likeness (QED) is 0.719. The molecule has 1 aliphatic carbocycles. The minimum atomic E-state index is 0.415. The van der Waals surface area contributed by atoms with Crippen molar-refractivity contribution < 1.29 is 4.63 Å². The van der Waals surface area contributed by atoms with Gasteiger partial charge in [0.15, 0.2) is 11.5 Å². The number of hydrogen-bond donors (Lipinski definition) is 0. The highest BCUT2D eigenvalue weighted by atomic mass is 16.6. The van der Waals surface area contributed by atoms with Crippen molar-refractivity contribution in [1.82, 2.24) is 35.0 Å². The monoisotopic (exact) mass is 325 g/mol. The van der Waals surface area contributed by atoms with E-state index in [1.807, 2.05) is 4.52 Å². The van der Waals surface area contributed by atoms with Crippen LogP contribution in [-0.2, 0) is 19.4 Å². The van der Waals surface area contributed by atoms with E-state index in [1.165, 1.54) is 17.7 Å². The molecule has 24 heavy (non-hydrogen) atoms. The van der Waals surface area contributed by atoms with Crippen molar-refractivity contribution >= 4 is 5.65 Å². The van der Waals surface area contributed by atoms with E-state index in [0.717, 1.165) is 62.5 Å². The smallest absolute Gasteiger partial charge is 0.178 e. The molecule has 8 nitrogen and oxygen atoms in total. The van der Waals surface area contributed by atoms with Crippen molar-refractivity contribution in [2.24, 2.45) is 0 Å². The standard InChI is InChI=1S/C16H19N7O/c1-2-12-8-15-18-19-16(23(15)20-14(12)3-1)11-4-6-22(7-5-11)10-13-9-17-24-21-13/h8-9,11H,1-7,10H2. The number of piperidine rings is 1. The van der Waals surface area contributed by atoms with Gasteiger partial charge in [0.1, 0.15) is 5.69 Å².